The number of amides is 2. The van der Waals surface area contributed by atoms with Crippen LogP contribution in [0.3, 0.4) is 0 Å². The van der Waals surface area contributed by atoms with Crippen LogP contribution in [-0.2, 0) is 22.7 Å². The molecule has 0 spiro atoms. The molecule has 1 atom stereocenters. The number of rotatable bonds is 7. The van der Waals surface area contributed by atoms with Crippen LogP contribution in [0.5, 0.6) is 0 Å². The molecule has 0 unspecified atom stereocenters. The summed E-state index contributed by atoms with van der Waals surface area (Å²) in [5, 5.41) is 3.48. The van der Waals surface area contributed by atoms with Gasteiger partial charge >= 0.3 is 0 Å². The van der Waals surface area contributed by atoms with Crippen molar-refractivity contribution in [2.24, 2.45) is 5.92 Å². The molecule has 6 heteroatoms. The second kappa shape index (κ2) is 9.51. The highest BCUT2D eigenvalue weighted by atomic mass is 35.5. The van der Waals surface area contributed by atoms with E-state index in [0.717, 1.165) is 11.1 Å². The summed E-state index contributed by atoms with van der Waals surface area (Å²) in [6, 6.07) is 12.5. The molecule has 1 N–H and O–H groups in total. The van der Waals surface area contributed by atoms with Gasteiger partial charge in [0.05, 0.1) is 0 Å². The molecule has 0 saturated heterocycles. The standard InChI is InChI=1S/C21H24ClFN2O2/c1-14(2)21(27)25(13-17-6-10-19(23)11-7-17)15(3)20(26)24-12-16-4-8-18(22)9-5-16/h4-11,14-15H,12-13H2,1-3H3,(H,24,26)/t15-/m0/s1. The maximum Gasteiger partial charge on any atom is 0.242 e. The minimum Gasteiger partial charge on any atom is -0.350 e. The summed E-state index contributed by atoms with van der Waals surface area (Å²) in [6.07, 6.45) is 0. The van der Waals surface area contributed by atoms with Crippen LogP contribution in [0.1, 0.15) is 31.9 Å². The van der Waals surface area contributed by atoms with E-state index in [9.17, 15) is 14.0 Å². The lowest BCUT2D eigenvalue weighted by Crippen LogP contribution is -2.48. The molecule has 27 heavy (non-hydrogen) atoms. The maximum atomic E-state index is 13.1. The van der Waals surface area contributed by atoms with Crippen molar-refractivity contribution in [3.8, 4) is 0 Å². The third-order valence-corrected chi connectivity index (χ3v) is 4.52. The molecule has 0 radical (unpaired) electrons. The van der Waals surface area contributed by atoms with Gasteiger partial charge in [-0.15, -0.1) is 0 Å². The fourth-order valence-electron chi connectivity index (χ4n) is 2.60. The summed E-state index contributed by atoms with van der Waals surface area (Å²) in [6.45, 7) is 5.87. The predicted molar refractivity (Wildman–Crippen MR) is 105 cm³/mol. The van der Waals surface area contributed by atoms with Crippen LogP contribution in [0.15, 0.2) is 48.5 Å². The Morgan fingerprint density at radius 3 is 2.11 bits per heavy atom. The van der Waals surface area contributed by atoms with Gasteiger partial charge in [0.25, 0.3) is 0 Å². The third-order valence-electron chi connectivity index (χ3n) is 4.27. The smallest absolute Gasteiger partial charge is 0.242 e. The fourth-order valence-corrected chi connectivity index (χ4v) is 2.73. The van der Waals surface area contributed by atoms with E-state index in [2.05, 4.69) is 5.32 Å². The molecule has 144 valence electrons. The molecular formula is C21H24ClFN2O2. The Kier molecular flexibility index (Phi) is 7.36. The van der Waals surface area contributed by atoms with Crippen LogP contribution >= 0.6 is 11.6 Å². The van der Waals surface area contributed by atoms with E-state index in [0.29, 0.717) is 11.6 Å². The van der Waals surface area contributed by atoms with Crippen LogP contribution in [0.4, 0.5) is 4.39 Å². The van der Waals surface area contributed by atoms with Crippen molar-refractivity contribution in [2.45, 2.75) is 39.9 Å². The van der Waals surface area contributed by atoms with Crippen molar-refractivity contribution in [3.63, 3.8) is 0 Å². The zero-order chi connectivity index (χ0) is 20.0. The quantitative estimate of drug-likeness (QED) is 0.771. The van der Waals surface area contributed by atoms with E-state index < -0.39 is 6.04 Å². The van der Waals surface area contributed by atoms with Crippen LogP contribution in [-0.4, -0.2) is 22.8 Å². The topological polar surface area (TPSA) is 49.4 Å². The van der Waals surface area contributed by atoms with Crippen molar-refractivity contribution < 1.29 is 14.0 Å². The molecule has 2 aromatic carbocycles. The molecule has 0 heterocycles. The van der Waals surface area contributed by atoms with Crippen molar-refractivity contribution in [2.75, 3.05) is 0 Å². The molecule has 0 fully saturated rings. The van der Waals surface area contributed by atoms with E-state index in [1.807, 2.05) is 12.1 Å². The summed E-state index contributed by atoms with van der Waals surface area (Å²) in [5.74, 6) is -0.972. The van der Waals surface area contributed by atoms with E-state index in [4.69, 9.17) is 11.6 Å². The second-order valence-corrected chi connectivity index (χ2v) is 7.20. The molecule has 0 saturated carbocycles. The highest BCUT2D eigenvalue weighted by Crippen LogP contribution is 2.14. The Morgan fingerprint density at radius 2 is 1.56 bits per heavy atom. The van der Waals surface area contributed by atoms with Gasteiger partial charge in [-0.05, 0) is 42.3 Å². The molecule has 0 aliphatic carbocycles. The SMILES string of the molecule is CC(C)C(=O)N(Cc1ccc(F)cc1)[C@@H](C)C(=O)NCc1ccc(Cl)cc1. The average molecular weight is 391 g/mol. The van der Waals surface area contributed by atoms with Gasteiger partial charge in [-0.25, -0.2) is 4.39 Å². The van der Waals surface area contributed by atoms with Crippen molar-refractivity contribution >= 4 is 23.4 Å². The Bertz CT molecular complexity index is 776. The van der Waals surface area contributed by atoms with Crippen molar-refractivity contribution in [1.29, 1.82) is 0 Å². The Labute approximate surface area is 164 Å². The van der Waals surface area contributed by atoms with Crippen LogP contribution in [0.25, 0.3) is 0 Å². The number of carbonyl (C=O) groups excluding carboxylic acids is 2. The van der Waals surface area contributed by atoms with E-state index in [1.165, 1.54) is 17.0 Å². The largest absolute Gasteiger partial charge is 0.350 e. The molecule has 0 aromatic heterocycles. The number of halogens is 2. The Hall–Kier alpha value is -2.40. The van der Waals surface area contributed by atoms with Gasteiger partial charge in [0.15, 0.2) is 0 Å². The summed E-state index contributed by atoms with van der Waals surface area (Å²) in [7, 11) is 0. The highest BCUT2D eigenvalue weighted by Gasteiger charge is 2.27. The summed E-state index contributed by atoms with van der Waals surface area (Å²) < 4.78 is 13.1. The van der Waals surface area contributed by atoms with Crippen molar-refractivity contribution in [3.05, 3.63) is 70.5 Å². The van der Waals surface area contributed by atoms with E-state index in [-0.39, 0.29) is 30.1 Å². The average Bonchev–Trinajstić information content (AvgIpc) is 2.65. The lowest BCUT2D eigenvalue weighted by molar-refractivity contribution is -0.143. The zero-order valence-electron chi connectivity index (χ0n) is 15.7. The first-order valence-corrected chi connectivity index (χ1v) is 9.23. The molecule has 0 aliphatic rings. The van der Waals surface area contributed by atoms with Crippen molar-refractivity contribution in [1.82, 2.24) is 10.2 Å². The lowest BCUT2D eigenvalue weighted by atomic mass is 10.1. The van der Waals surface area contributed by atoms with Gasteiger partial charge in [-0.2, -0.15) is 0 Å². The predicted octanol–water partition coefficient (Wildman–Crippen LogP) is 4.17. The Balaban J connectivity index is 2.08. The lowest BCUT2D eigenvalue weighted by Gasteiger charge is -2.30. The molecule has 2 rings (SSSR count). The molecule has 0 aliphatic heterocycles. The van der Waals surface area contributed by atoms with Gasteiger partial charge in [-0.3, -0.25) is 9.59 Å². The first kappa shape index (κ1) is 20.9. The normalized spacial score (nSPS) is 11.9. The summed E-state index contributed by atoms with van der Waals surface area (Å²) in [5.41, 5.74) is 1.68. The minimum atomic E-state index is -0.655. The van der Waals surface area contributed by atoms with E-state index >= 15 is 0 Å². The molecule has 2 aromatic rings. The first-order valence-electron chi connectivity index (χ1n) is 8.85. The third kappa shape index (κ3) is 6.07. The Morgan fingerprint density at radius 1 is 1.00 bits per heavy atom. The van der Waals surface area contributed by atoms with Crippen LogP contribution < -0.4 is 5.32 Å². The molecule has 2 amide bonds. The van der Waals surface area contributed by atoms with Gasteiger partial charge in [0.1, 0.15) is 11.9 Å². The summed E-state index contributed by atoms with van der Waals surface area (Å²) >= 11 is 5.86. The van der Waals surface area contributed by atoms with Gasteiger partial charge in [0, 0.05) is 24.0 Å². The number of carbonyl (C=O) groups is 2. The molecule has 0 bridgehead atoms. The van der Waals surface area contributed by atoms with Gasteiger partial charge < -0.3 is 10.2 Å². The number of hydrogen-bond donors (Lipinski definition) is 1. The van der Waals surface area contributed by atoms with E-state index in [1.54, 1.807) is 45.0 Å². The highest BCUT2D eigenvalue weighted by molar-refractivity contribution is 6.30. The number of nitrogens with zero attached hydrogens (tertiary/aromatic N) is 1. The summed E-state index contributed by atoms with van der Waals surface area (Å²) in [4.78, 5) is 26.8. The number of nitrogens with one attached hydrogen (secondary N) is 1. The second-order valence-electron chi connectivity index (χ2n) is 6.77. The maximum absolute atomic E-state index is 13.1. The first-order chi connectivity index (χ1) is 12.8. The fraction of sp³-hybridized carbons (Fsp3) is 0.333. The van der Waals surface area contributed by atoms with Gasteiger partial charge in [0.2, 0.25) is 11.8 Å². The monoisotopic (exact) mass is 390 g/mol. The number of benzene rings is 2. The minimum absolute atomic E-state index is 0.131. The van der Waals surface area contributed by atoms with Gasteiger partial charge in [-0.1, -0.05) is 49.7 Å². The molecular weight excluding hydrogens is 367 g/mol. The molecule has 4 nitrogen and oxygen atoms in total. The number of hydrogen-bond acceptors (Lipinski definition) is 2. The van der Waals surface area contributed by atoms with Crippen LogP contribution in [0.2, 0.25) is 5.02 Å². The zero-order valence-corrected chi connectivity index (χ0v) is 16.5. The van der Waals surface area contributed by atoms with Crippen LogP contribution in [0, 0.1) is 11.7 Å².